The first-order chi connectivity index (χ1) is 10.6. The van der Waals surface area contributed by atoms with Gasteiger partial charge in [0.1, 0.15) is 0 Å². The maximum absolute atomic E-state index is 11.7. The van der Waals surface area contributed by atoms with E-state index in [1.807, 2.05) is 41.3 Å². The number of hydrogen-bond acceptors (Lipinski definition) is 3. The van der Waals surface area contributed by atoms with Crippen molar-refractivity contribution in [2.75, 3.05) is 13.2 Å². The summed E-state index contributed by atoms with van der Waals surface area (Å²) in [5.74, 6) is -0.206. The maximum Gasteiger partial charge on any atom is 0.330 e. The fourth-order valence-electron chi connectivity index (χ4n) is 2.09. The molecule has 1 rings (SSSR count). The van der Waals surface area contributed by atoms with Gasteiger partial charge in [-0.3, -0.25) is 4.79 Å². The number of carbonyl (C=O) groups excluding carboxylic acids is 2. The molecule has 1 amide bonds. The minimum atomic E-state index is -0.294. The van der Waals surface area contributed by atoms with Crippen molar-refractivity contribution in [2.24, 2.45) is 0 Å². The minimum absolute atomic E-state index is 0.0888. The lowest BCUT2D eigenvalue weighted by Gasteiger charge is -2.21. The molecule has 4 heteroatoms. The highest BCUT2D eigenvalue weighted by Crippen LogP contribution is 2.07. The van der Waals surface area contributed by atoms with E-state index in [1.54, 1.807) is 13.8 Å². The molecule has 0 fully saturated rings. The zero-order valence-corrected chi connectivity index (χ0v) is 13.5. The summed E-state index contributed by atoms with van der Waals surface area (Å²) in [6, 6.07) is 9.98. The minimum Gasteiger partial charge on any atom is -0.463 e. The summed E-state index contributed by atoms with van der Waals surface area (Å²) in [6.07, 6.45) is 5.97. The molecule has 1 aromatic carbocycles. The Hall–Kier alpha value is -2.10. The van der Waals surface area contributed by atoms with Gasteiger partial charge in [-0.15, -0.1) is 0 Å². The summed E-state index contributed by atoms with van der Waals surface area (Å²) in [6.45, 7) is 5.17. The molecule has 0 spiro atoms. The fourth-order valence-corrected chi connectivity index (χ4v) is 2.09. The lowest BCUT2D eigenvalue weighted by Crippen LogP contribution is -2.29. The topological polar surface area (TPSA) is 46.6 Å². The Balaban J connectivity index is 2.28. The van der Waals surface area contributed by atoms with Crippen molar-refractivity contribution in [1.82, 2.24) is 4.90 Å². The number of nitrogens with zero attached hydrogens (tertiary/aromatic N) is 1. The standard InChI is InChI=1S/C18H25NO3/c1-3-22-18(21)13-9-4-5-10-14-19(16(2)20)15-17-11-7-6-8-12-17/h6-9,11-13H,3-5,10,14-15H2,1-2H3/b13-9-. The first-order valence-corrected chi connectivity index (χ1v) is 7.76. The van der Waals surface area contributed by atoms with E-state index in [0.29, 0.717) is 13.2 Å². The van der Waals surface area contributed by atoms with E-state index >= 15 is 0 Å². The lowest BCUT2D eigenvalue weighted by atomic mass is 10.2. The largest absolute Gasteiger partial charge is 0.463 e. The van der Waals surface area contributed by atoms with E-state index in [4.69, 9.17) is 4.74 Å². The molecule has 120 valence electrons. The molecule has 0 aliphatic rings. The number of unbranched alkanes of at least 4 members (excludes halogenated alkanes) is 2. The Morgan fingerprint density at radius 3 is 2.55 bits per heavy atom. The van der Waals surface area contributed by atoms with Crippen LogP contribution in [0.1, 0.15) is 38.7 Å². The van der Waals surface area contributed by atoms with Gasteiger partial charge in [0.25, 0.3) is 0 Å². The van der Waals surface area contributed by atoms with E-state index in [1.165, 1.54) is 6.08 Å². The molecule has 0 aliphatic carbocycles. The molecule has 0 aromatic heterocycles. The lowest BCUT2D eigenvalue weighted by molar-refractivity contribution is -0.137. The van der Waals surface area contributed by atoms with E-state index in [9.17, 15) is 9.59 Å². The number of carbonyl (C=O) groups is 2. The van der Waals surface area contributed by atoms with Crippen LogP contribution >= 0.6 is 0 Å². The van der Waals surface area contributed by atoms with Gasteiger partial charge >= 0.3 is 5.97 Å². The zero-order chi connectivity index (χ0) is 16.2. The van der Waals surface area contributed by atoms with E-state index in [2.05, 4.69) is 0 Å². The average molecular weight is 303 g/mol. The van der Waals surface area contributed by atoms with Crippen LogP contribution < -0.4 is 0 Å². The first kappa shape index (κ1) is 18.0. The molecule has 1 aromatic rings. The van der Waals surface area contributed by atoms with E-state index < -0.39 is 0 Å². The summed E-state index contributed by atoms with van der Waals surface area (Å²) in [7, 11) is 0. The number of esters is 1. The number of rotatable bonds is 9. The third kappa shape index (κ3) is 7.62. The second-order valence-electron chi connectivity index (χ2n) is 5.08. The van der Waals surface area contributed by atoms with Crippen molar-refractivity contribution in [1.29, 1.82) is 0 Å². The van der Waals surface area contributed by atoms with Crippen molar-refractivity contribution >= 4 is 11.9 Å². The second kappa shape index (κ2) is 10.6. The summed E-state index contributed by atoms with van der Waals surface area (Å²) in [4.78, 5) is 24.6. The molecule has 0 bridgehead atoms. The normalized spacial score (nSPS) is 10.6. The zero-order valence-electron chi connectivity index (χ0n) is 13.5. The van der Waals surface area contributed by atoms with Crippen LogP contribution in [-0.2, 0) is 20.9 Å². The van der Waals surface area contributed by atoms with Crippen molar-refractivity contribution < 1.29 is 14.3 Å². The number of amides is 1. The van der Waals surface area contributed by atoms with Crippen molar-refractivity contribution in [2.45, 2.75) is 39.7 Å². The molecule has 0 atom stereocenters. The smallest absolute Gasteiger partial charge is 0.330 e. The molecule has 0 saturated carbocycles. The highest BCUT2D eigenvalue weighted by atomic mass is 16.5. The van der Waals surface area contributed by atoms with Gasteiger partial charge in [0.15, 0.2) is 0 Å². The third-order valence-corrected chi connectivity index (χ3v) is 3.25. The van der Waals surface area contributed by atoms with Crippen LogP contribution in [0, 0.1) is 0 Å². The highest BCUT2D eigenvalue weighted by molar-refractivity contribution is 5.81. The van der Waals surface area contributed by atoms with Gasteiger partial charge in [-0.05, 0) is 31.7 Å². The Kier molecular flexibility index (Phi) is 8.65. The first-order valence-electron chi connectivity index (χ1n) is 7.76. The number of ether oxygens (including phenoxy) is 1. The van der Waals surface area contributed by atoms with Crippen LogP contribution in [0.15, 0.2) is 42.5 Å². The Bertz CT molecular complexity index is 482. The van der Waals surface area contributed by atoms with E-state index in [0.717, 1.165) is 31.4 Å². The van der Waals surface area contributed by atoms with Gasteiger partial charge < -0.3 is 9.64 Å². The molecular formula is C18H25NO3. The molecule has 0 saturated heterocycles. The predicted molar refractivity (Wildman–Crippen MR) is 87.2 cm³/mol. The van der Waals surface area contributed by atoms with Crippen LogP contribution in [0.4, 0.5) is 0 Å². The summed E-state index contributed by atoms with van der Waals surface area (Å²) < 4.78 is 4.81. The van der Waals surface area contributed by atoms with Crippen LogP contribution in [0.3, 0.4) is 0 Å². The Labute approximate surface area is 132 Å². The highest BCUT2D eigenvalue weighted by Gasteiger charge is 2.08. The molecule has 0 aliphatic heterocycles. The molecule has 0 heterocycles. The Morgan fingerprint density at radius 1 is 1.18 bits per heavy atom. The molecular weight excluding hydrogens is 278 g/mol. The quantitative estimate of drug-likeness (QED) is 0.399. The van der Waals surface area contributed by atoms with Gasteiger partial charge in [-0.25, -0.2) is 4.79 Å². The van der Waals surface area contributed by atoms with Crippen molar-refractivity contribution in [3.8, 4) is 0 Å². The van der Waals surface area contributed by atoms with Crippen molar-refractivity contribution in [3.05, 3.63) is 48.0 Å². The fraction of sp³-hybridized carbons (Fsp3) is 0.444. The van der Waals surface area contributed by atoms with Crippen LogP contribution in [0.25, 0.3) is 0 Å². The summed E-state index contributed by atoms with van der Waals surface area (Å²) in [5.41, 5.74) is 1.14. The SMILES string of the molecule is CCOC(=O)/C=C\CCCCN(Cc1ccccc1)C(C)=O. The third-order valence-electron chi connectivity index (χ3n) is 3.25. The predicted octanol–water partition coefficient (Wildman–Crippen LogP) is 3.32. The Morgan fingerprint density at radius 2 is 1.91 bits per heavy atom. The molecule has 4 nitrogen and oxygen atoms in total. The van der Waals surface area contributed by atoms with Gasteiger partial charge in [0.05, 0.1) is 6.61 Å². The van der Waals surface area contributed by atoms with Crippen LogP contribution in [0.5, 0.6) is 0 Å². The maximum atomic E-state index is 11.7. The van der Waals surface area contributed by atoms with Crippen LogP contribution in [0.2, 0.25) is 0 Å². The number of benzene rings is 1. The van der Waals surface area contributed by atoms with Gasteiger partial charge in [-0.2, -0.15) is 0 Å². The molecule has 0 radical (unpaired) electrons. The summed E-state index contributed by atoms with van der Waals surface area (Å²) >= 11 is 0. The number of hydrogen-bond donors (Lipinski definition) is 0. The molecule has 22 heavy (non-hydrogen) atoms. The van der Waals surface area contributed by atoms with Gasteiger partial charge in [0, 0.05) is 26.1 Å². The molecule has 0 unspecified atom stereocenters. The second-order valence-corrected chi connectivity index (χ2v) is 5.08. The average Bonchev–Trinajstić information content (AvgIpc) is 2.50. The van der Waals surface area contributed by atoms with Gasteiger partial charge in [0.2, 0.25) is 5.91 Å². The number of allylic oxidation sites excluding steroid dienone is 1. The van der Waals surface area contributed by atoms with Crippen molar-refractivity contribution in [3.63, 3.8) is 0 Å². The summed E-state index contributed by atoms with van der Waals surface area (Å²) in [5, 5.41) is 0. The monoisotopic (exact) mass is 303 g/mol. The van der Waals surface area contributed by atoms with Crippen LogP contribution in [-0.4, -0.2) is 29.9 Å². The van der Waals surface area contributed by atoms with E-state index in [-0.39, 0.29) is 11.9 Å². The van der Waals surface area contributed by atoms with Gasteiger partial charge in [-0.1, -0.05) is 36.4 Å². The molecule has 0 N–H and O–H groups in total.